The van der Waals surface area contributed by atoms with E-state index in [4.69, 9.17) is 5.73 Å². The third-order valence-electron chi connectivity index (χ3n) is 3.10. The molecule has 0 atom stereocenters. The quantitative estimate of drug-likeness (QED) is 0.831. The van der Waals surface area contributed by atoms with Crippen LogP contribution in [-0.2, 0) is 21.0 Å². The topological polar surface area (TPSA) is 99.4 Å². The maximum atomic E-state index is 12.6. The molecule has 2 aromatic rings. The van der Waals surface area contributed by atoms with Crippen LogP contribution in [0.1, 0.15) is 16.1 Å². The van der Waals surface area contributed by atoms with Crippen molar-refractivity contribution >= 4 is 15.8 Å². The number of methoxy groups -OCH3 is 1. The number of carbonyl (C=O) groups is 1. The van der Waals surface area contributed by atoms with Gasteiger partial charge in [-0.15, -0.1) is 0 Å². The fourth-order valence-corrected chi connectivity index (χ4v) is 3.21. The molecule has 0 amide bonds. The Hall–Kier alpha value is -2.25. The number of pyridine rings is 1. The summed E-state index contributed by atoms with van der Waals surface area (Å²) in [5, 5.41) is 0. The first-order valence-electron chi connectivity index (χ1n) is 6.57. The highest BCUT2D eigenvalue weighted by Gasteiger charge is 2.20. The van der Waals surface area contributed by atoms with Gasteiger partial charge in [0.2, 0.25) is 9.84 Å². The lowest BCUT2D eigenvalue weighted by Crippen LogP contribution is -2.08. The van der Waals surface area contributed by atoms with Gasteiger partial charge in [0, 0.05) is 6.20 Å². The van der Waals surface area contributed by atoms with E-state index in [0.717, 1.165) is 5.56 Å². The van der Waals surface area contributed by atoms with Crippen LogP contribution in [0, 0.1) is 0 Å². The van der Waals surface area contributed by atoms with Crippen molar-refractivity contribution < 1.29 is 17.9 Å². The minimum Gasteiger partial charge on any atom is -0.464 e. The van der Waals surface area contributed by atoms with Crippen LogP contribution < -0.4 is 5.73 Å². The van der Waals surface area contributed by atoms with E-state index in [0.29, 0.717) is 13.0 Å². The van der Waals surface area contributed by atoms with Gasteiger partial charge in [0.15, 0.2) is 0 Å². The summed E-state index contributed by atoms with van der Waals surface area (Å²) in [5.74, 6) is -0.685. The minimum absolute atomic E-state index is 0.00512. The number of hydrogen-bond donors (Lipinski definition) is 1. The van der Waals surface area contributed by atoms with Crippen LogP contribution in [0.15, 0.2) is 52.4 Å². The van der Waals surface area contributed by atoms with Crippen molar-refractivity contribution in [1.82, 2.24) is 4.98 Å². The zero-order valence-corrected chi connectivity index (χ0v) is 12.8. The number of benzene rings is 1. The molecule has 0 aliphatic carbocycles. The first-order chi connectivity index (χ1) is 10.5. The molecule has 0 radical (unpaired) electrons. The van der Waals surface area contributed by atoms with E-state index in [9.17, 15) is 13.2 Å². The number of nitrogens with zero attached hydrogens (tertiary/aromatic N) is 1. The maximum absolute atomic E-state index is 12.6. The molecule has 22 heavy (non-hydrogen) atoms. The summed E-state index contributed by atoms with van der Waals surface area (Å²) in [5.41, 5.74) is 6.38. The van der Waals surface area contributed by atoms with Gasteiger partial charge in [-0.3, -0.25) is 0 Å². The summed E-state index contributed by atoms with van der Waals surface area (Å²) in [6.07, 6.45) is 1.95. The first kappa shape index (κ1) is 16.1. The molecule has 2 N–H and O–H groups in total. The van der Waals surface area contributed by atoms with Gasteiger partial charge in [-0.05, 0) is 42.8 Å². The number of sulfone groups is 1. The molecule has 0 saturated heterocycles. The monoisotopic (exact) mass is 320 g/mol. The predicted octanol–water partition coefficient (Wildman–Crippen LogP) is 1.20. The lowest BCUT2D eigenvalue weighted by atomic mass is 10.2. The molecule has 7 heteroatoms. The highest BCUT2D eigenvalue weighted by atomic mass is 32.2. The van der Waals surface area contributed by atoms with Gasteiger partial charge in [0.05, 0.1) is 16.9 Å². The molecule has 0 unspecified atom stereocenters. The van der Waals surface area contributed by atoms with Crippen molar-refractivity contribution in [2.45, 2.75) is 16.2 Å². The fraction of sp³-hybridized carbons (Fsp3) is 0.200. The molecule has 2 rings (SSSR count). The van der Waals surface area contributed by atoms with Gasteiger partial charge >= 0.3 is 5.97 Å². The van der Waals surface area contributed by atoms with Gasteiger partial charge in [-0.1, -0.05) is 12.1 Å². The molecule has 6 nitrogen and oxygen atoms in total. The van der Waals surface area contributed by atoms with Crippen LogP contribution in [0.4, 0.5) is 0 Å². The Labute approximate surface area is 128 Å². The molecule has 0 bridgehead atoms. The third kappa shape index (κ3) is 3.32. The molecule has 0 aliphatic heterocycles. The summed E-state index contributed by atoms with van der Waals surface area (Å²) in [6, 6.07) is 9.05. The highest BCUT2D eigenvalue weighted by molar-refractivity contribution is 7.91. The number of rotatable bonds is 5. The summed E-state index contributed by atoms with van der Waals surface area (Å²) >= 11 is 0. The van der Waals surface area contributed by atoms with Crippen molar-refractivity contribution in [3.8, 4) is 0 Å². The van der Waals surface area contributed by atoms with Crippen molar-refractivity contribution in [2.24, 2.45) is 5.73 Å². The summed E-state index contributed by atoms with van der Waals surface area (Å²) < 4.78 is 29.7. The molecule has 1 heterocycles. The van der Waals surface area contributed by atoms with Crippen LogP contribution in [0.2, 0.25) is 0 Å². The Morgan fingerprint density at radius 3 is 2.45 bits per heavy atom. The van der Waals surface area contributed by atoms with Crippen molar-refractivity contribution in [3.63, 3.8) is 0 Å². The molecular weight excluding hydrogens is 304 g/mol. The number of aromatic nitrogens is 1. The molecule has 0 saturated carbocycles. The number of hydrogen-bond acceptors (Lipinski definition) is 6. The molecule has 0 spiro atoms. The van der Waals surface area contributed by atoms with Gasteiger partial charge in [0.25, 0.3) is 0 Å². The van der Waals surface area contributed by atoms with E-state index in [2.05, 4.69) is 9.72 Å². The van der Waals surface area contributed by atoms with E-state index in [1.807, 2.05) is 0 Å². The SMILES string of the molecule is COC(=O)c1cc(S(=O)(=O)c2ccc(CCN)cc2)ccn1. The Kier molecular flexibility index (Phi) is 4.89. The summed E-state index contributed by atoms with van der Waals surface area (Å²) in [7, 11) is -2.50. The molecular formula is C15H16N2O4S. The fourth-order valence-electron chi connectivity index (χ4n) is 1.93. The highest BCUT2D eigenvalue weighted by Crippen LogP contribution is 2.21. The standard InChI is InChI=1S/C15H16N2O4S/c1-21-15(18)14-10-13(7-9-17-14)22(19,20)12-4-2-11(3-5-12)6-8-16/h2-5,7,9-10H,6,8,16H2,1H3. The third-order valence-corrected chi connectivity index (χ3v) is 4.87. The zero-order valence-electron chi connectivity index (χ0n) is 12.0. The molecule has 116 valence electrons. The van der Waals surface area contributed by atoms with Crippen LogP contribution in [0.3, 0.4) is 0 Å². The average molecular weight is 320 g/mol. The van der Waals surface area contributed by atoms with Gasteiger partial charge < -0.3 is 10.5 Å². The van der Waals surface area contributed by atoms with E-state index in [-0.39, 0.29) is 15.5 Å². The van der Waals surface area contributed by atoms with E-state index >= 15 is 0 Å². The van der Waals surface area contributed by atoms with Crippen LogP contribution in [0.5, 0.6) is 0 Å². The second-order valence-corrected chi connectivity index (χ2v) is 6.50. The van der Waals surface area contributed by atoms with Crippen LogP contribution in [-0.4, -0.2) is 33.0 Å². The zero-order chi connectivity index (χ0) is 16.2. The summed E-state index contributed by atoms with van der Waals surface area (Å²) in [6.45, 7) is 0.499. The molecule has 1 aromatic heterocycles. The Balaban J connectivity index is 2.39. The number of nitrogens with two attached hydrogens (primary N) is 1. The van der Waals surface area contributed by atoms with E-state index < -0.39 is 15.8 Å². The Morgan fingerprint density at radius 2 is 1.86 bits per heavy atom. The molecule has 1 aromatic carbocycles. The number of carbonyl (C=O) groups excluding carboxylic acids is 1. The minimum atomic E-state index is -3.71. The van der Waals surface area contributed by atoms with Gasteiger partial charge in [-0.25, -0.2) is 18.2 Å². The molecule has 0 aliphatic rings. The van der Waals surface area contributed by atoms with E-state index in [1.54, 1.807) is 12.1 Å². The average Bonchev–Trinajstić information content (AvgIpc) is 2.55. The van der Waals surface area contributed by atoms with Crippen LogP contribution in [0.25, 0.3) is 0 Å². The lowest BCUT2D eigenvalue weighted by Gasteiger charge is -2.07. The largest absolute Gasteiger partial charge is 0.464 e. The lowest BCUT2D eigenvalue weighted by molar-refractivity contribution is 0.0593. The Bertz CT molecular complexity index is 770. The van der Waals surface area contributed by atoms with Crippen molar-refractivity contribution in [3.05, 3.63) is 53.9 Å². The van der Waals surface area contributed by atoms with Crippen molar-refractivity contribution in [2.75, 3.05) is 13.7 Å². The number of esters is 1. The smallest absolute Gasteiger partial charge is 0.356 e. The predicted molar refractivity (Wildman–Crippen MR) is 80.2 cm³/mol. The maximum Gasteiger partial charge on any atom is 0.356 e. The second kappa shape index (κ2) is 6.67. The van der Waals surface area contributed by atoms with Gasteiger partial charge in [0.1, 0.15) is 5.69 Å². The van der Waals surface area contributed by atoms with E-state index in [1.165, 1.54) is 37.6 Å². The molecule has 0 fully saturated rings. The van der Waals surface area contributed by atoms with Gasteiger partial charge in [-0.2, -0.15) is 0 Å². The number of ether oxygens (including phenoxy) is 1. The normalized spacial score (nSPS) is 11.2. The van der Waals surface area contributed by atoms with Crippen LogP contribution >= 0.6 is 0 Å². The first-order valence-corrected chi connectivity index (χ1v) is 8.06. The summed E-state index contributed by atoms with van der Waals surface area (Å²) in [4.78, 5) is 15.4. The Morgan fingerprint density at radius 1 is 1.18 bits per heavy atom. The van der Waals surface area contributed by atoms with Crippen molar-refractivity contribution in [1.29, 1.82) is 0 Å². The second-order valence-electron chi connectivity index (χ2n) is 4.55.